The molecule has 50 heavy (non-hydrogen) atoms. The van der Waals surface area contributed by atoms with Crippen LogP contribution in [0.4, 0.5) is 17.1 Å². The van der Waals surface area contributed by atoms with Gasteiger partial charge in [-0.2, -0.15) is 0 Å². The van der Waals surface area contributed by atoms with Crippen LogP contribution in [0.15, 0.2) is 170 Å². The van der Waals surface area contributed by atoms with Crippen molar-refractivity contribution in [2.75, 3.05) is 4.90 Å². The van der Waals surface area contributed by atoms with E-state index in [-0.39, 0.29) is 0 Å². The number of thiophene rings is 2. The van der Waals surface area contributed by atoms with Crippen molar-refractivity contribution < 1.29 is 0 Å². The summed E-state index contributed by atoms with van der Waals surface area (Å²) in [4.78, 5) is 2.45. The minimum Gasteiger partial charge on any atom is -0.310 e. The third kappa shape index (κ3) is 4.13. The van der Waals surface area contributed by atoms with Crippen molar-refractivity contribution in [1.82, 2.24) is 4.57 Å². The molecule has 0 aliphatic rings. The van der Waals surface area contributed by atoms with E-state index >= 15 is 0 Å². The van der Waals surface area contributed by atoms with Crippen molar-refractivity contribution in [3.8, 4) is 5.69 Å². The highest BCUT2D eigenvalue weighted by Gasteiger charge is 2.20. The van der Waals surface area contributed by atoms with Gasteiger partial charge in [-0.25, -0.2) is 0 Å². The van der Waals surface area contributed by atoms with Gasteiger partial charge < -0.3 is 9.47 Å². The fraction of sp³-hybridized carbons (Fsp3) is 0. The summed E-state index contributed by atoms with van der Waals surface area (Å²) in [6.45, 7) is 0. The Kier molecular flexibility index (Phi) is 6.03. The molecule has 0 spiro atoms. The van der Waals surface area contributed by atoms with E-state index in [1.807, 2.05) is 22.7 Å². The summed E-state index contributed by atoms with van der Waals surface area (Å²) in [6.07, 6.45) is 0. The summed E-state index contributed by atoms with van der Waals surface area (Å²) in [6, 6.07) is 62.5. The summed E-state index contributed by atoms with van der Waals surface area (Å²) >= 11 is 3.74. The Bertz CT molecular complexity index is 3110. The van der Waals surface area contributed by atoms with Crippen LogP contribution in [-0.2, 0) is 0 Å². The van der Waals surface area contributed by atoms with Gasteiger partial charge in [-0.1, -0.05) is 91.0 Å². The van der Waals surface area contributed by atoms with Crippen LogP contribution in [0.3, 0.4) is 0 Å². The molecule has 234 valence electrons. The molecule has 0 atom stereocenters. The molecule has 8 aromatic carbocycles. The van der Waals surface area contributed by atoms with Crippen LogP contribution in [0.5, 0.6) is 0 Å². The summed E-state index contributed by atoms with van der Waals surface area (Å²) in [5.74, 6) is 0. The molecule has 0 aliphatic heterocycles. The molecule has 3 aromatic heterocycles. The van der Waals surface area contributed by atoms with Crippen LogP contribution in [-0.4, -0.2) is 4.57 Å². The zero-order valence-corrected chi connectivity index (χ0v) is 28.5. The molecular weight excluding hydrogens is 645 g/mol. The standard InChI is InChI=1S/C46H28N2S2/c1-2-10-30(11-3-1)48-40-15-7-4-12-34(40)35-23-21-33(28-41(35)48)47(32-22-25-44-39(27-32)36-13-5-8-16-42(36)49-44)31-20-18-29-19-24-45-46(38(29)26-31)37-14-6-9-17-43(37)50-45/h1-28H. The molecule has 4 heteroatoms. The number of rotatable bonds is 4. The first-order chi connectivity index (χ1) is 24.8. The average Bonchev–Trinajstić information content (AvgIpc) is 3.84. The zero-order chi connectivity index (χ0) is 32.8. The van der Waals surface area contributed by atoms with E-state index in [1.54, 1.807) is 0 Å². The second-order valence-electron chi connectivity index (χ2n) is 12.9. The number of benzene rings is 8. The maximum absolute atomic E-state index is 2.45. The van der Waals surface area contributed by atoms with Crippen molar-refractivity contribution in [1.29, 1.82) is 0 Å². The van der Waals surface area contributed by atoms with Crippen molar-refractivity contribution in [3.05, 3.63) is 170 Å². The van der Waals surface area contributed by atoms with Crippen LogP contribution >= 0.6 is 22.7 Å². The highest BCUT2D eigenvalue weighted by atomic mass is 32.1. The summed E-state index contributed by atoms with van der Waals surface area (Å²) < 4.78 is 7.68. The fourth-order valence-corrected chi connectivity index (χ4v) is 10.1. The summed E-state index contributed by atoms with van der Waals surface area (Å²) in [5.41, 5.74) is 6.96. The van der Waals surface area contributed by atoms with Gasteiger partial charge in [0.05, 0.1) is 11.0 Å². The van der Waals surface area contributed by atoms with Gasteiger partial charge in [0.1, 0.15) is 0 Å². The van der Waals surface area contributed by atoms with Gasteiger partial charge in [0, 0.05) is 73.9 Å². The van der Waals surface area contributed by atoms with Crippen molar-refractivity contribution >= 4 is 113 Å². The largest absolute Gasteiger partial charge is 0.310 e. The van der Waals surface area contributed by atoms with E-state index in [0.29, 0.717) is 0 Å². The number of aromatic nitrogens is 1. The Morgan fingerprint density at radius 3 is 1.78 bits per heavy atom. The van der Waals surface area contributed by atoms with Gasteiger partial charge in [0.2, 0.25) is 0 Å². The Hall–Kier alpha value is -5.94. The van der Waals surface area contributed by atoms with E-state index in [2.05, 4.69) is 179 Å². The molecule has 0 fully saturated rings. The van der Waals surface area contributed by atoms with Crippen LogP contribution in [0.2, 0.25) is 0 Å². The maximum Gasteiger partial charge on any atom is 0.0561 e. The van der Waals surface area contributed by atoms with Crippen LogP contribution in [0.25, 0.3) is 78.6 Å². The molecule has 0 radical (unpaired) electrons. The molecular formula is C46H28N2S2. The van der Waals surface area contributed by atoms with Gasteiger partial charge in [-0.15, -0.1) is 22.7 Å². The van der Waals surface area contributed by atoms with E-state index in [1.165, 1.54) is 72.9 Å². The summed E-state index contributed by atoms with van der Waals surface area (Å²) in [5, 5.41) is 10.3. The lowest BCUT2D eigenvalue weighted by Crippen LogP contribution is -2.10. The maximum atomic E-state index is 2.45. The van der Waals surface area contributed by atoms with Crippen LogP contribution in [0, 0.1) is 0 Å². The third-order valence-corrected chi connectivity index (χ3v) is 12.4. The molecule has 11 rings (SSSR count). The molecule has 0 N–H and O–H groups in total. The Labute approximate surface area is 296 Å². The minimum atomic E-state index is 1.12. The van der Waals surface area contributed by atoms with Gasteiger partial charge in [-0.05, 0) is 89.6 Å². The zero-order valence-electron chi connectivity index (χ0n) is 26.9. The van der Waals surface area contributed by atoms with Gasteiger partial charge >= 0.3 is 0 Å². The van der Waals surface area contributed by atoms with Gasteiger partial charge in [-0.3, -0.25) is 0 Å². The lowest BCUT2D eigenvalue weighted by atomic mass is 10.0. The SMILES string of the molecule is c1ccc(-n2c3ccccc3c3ccc(N(c4ccc5sc6ccccc6c5c4)c4ccc5ccc6sc7ccccc7c6c5c4)cc32)cc1. The Balaban J connectivity index is 1.21. The highest BCUT2D eigenvalue weighted by Crippen LogP contribution is 2.45. The van der Waals surface area contributed by atoms with E-state index in [4.69, 9.17) is 0 Å². The molecule has 2 nitrogen and oxygen atoms in total. The number of fused-ring (bicyclic) bond motifs is 11. The predicted molar refractivity (Wildman–Crippen MR) is 219 cm³/mol. The number of para-hydroxylation sites is 2. The second kappa shape index (κ2) is 10.8. The van der Waals surface area contributed by atoms with Crippen molar-refractivity contribution in [2.24, 2.45) is 0 Å². The van der Waals surface area contributed by atoms with Crippen LogP contribution in [0.1, 0.15) is 0 Å². The predicted octanol–water partition coefficient (Wildman–Crippen LogP) is 14.1. The summed E-state index contributed by atoms with van der Waals surface area (Å²) in [7, 11) is 0. The lowest BCUT2D eigenvalue weighted by Gasteiger charge is -2.26. The first kappa shape index (κ1) is 28.0. The second-order valence-corrected chi connectivity index (χ2v) is 15.1. The number of hydrogen-bond acceptors (Lipinski definition) is 3. The molecule has 3 heterocycles. The number of hydrogen-bond donors (Lipinski definition) is 0. The molecule has 0 saturated carbocycles. The molecule has 0 saturated heterocycles. The van der Waals surface area contributed by atoms with E-state index in [0.717, 1.165) is 22.7 Å². The molecule has 0 aliphatic carbocycles. The third-order valence-electron chi connectivity index (χ3n) is 10.1. The van der Waals surface area contributed by atoms with E-state index in [9.17, 15) is 0 Å². The normalized spacial score (nSPS) is 12.0. The first-order valence-electron chi connectivity index (χ1n) is 16.9. The van der Waals surface area contributed by atoms with E-state index < -0.39 is 0 Å². The molecule has 0 bridgehead atoms. The van der Waals surface area contributed by atoms with Gasteiger partial charge in [0.25, 0.3) is 0 Å². The Morgan fingerprint density at radius 2 is 0.920 bits per heavy atom. The van der Waals surface area contributed by atoms with Gasteiger partial charge in [0.15, 0.2) is 0 Å². The van der Waals surface area contributed by atoms with Crippen molar-refractivity contribution in [3.63, 3.8) is 0 Å². The lowest BCUT2D eigenvalue weighted by molar-refractivity contribution is 1.18. The topological polar surface area (TPSA) is 8.17 Å². The minimum absolute atomic E-state index is 1.12. The molecule has 11 aromatic rings. The quantitative estimate of drug-likeness (QED) is 0.181. The number of anilines is 3. The number of nitrogens with zero attached hydrogens (tertiary/aromatic N) is 2. The van der Waals surface area contributed by atoms with Crippen LogP contribution < -0.4 is 4.90 Å². The fourth-order valence-electron chi connectivity index (χ4n) is 7.92. The monoisotopic (exact) mass is 672 g/mol. The average molecular weight is 673 g/mol. The molecule has 0 amide bonds. The Morgan fingerprint density at radius 1 is 0.360 bits per heavy atom. The first-order valence-corrected chi connectivity index (χ1v) is 18.6. The molecule has 0 unspecified atom stereocenters. The highest BCUT2D eigenvalue weighted by molar-refractivity contribution is 7.26. The smallest absolute Gasteiger partial charge is 0.0561 e. The van der Waals surface area contributed by atoms with Crippen molar-refractivity contribution in [2.45, 2.75) is 0 Å².